The van der Waals surface area contributed by atoms with Gasteiger partial charge < -0.3 is 0 Å². The van der Waals surface area contributed by atoms with Gasteiger partial charge in [-0.25, -0.2) is 0 Å². The first-order valence-corrected chi connectivity index (χ1v) is 6.02. The van der Waals surface area contributed by atoms with Gasteiger partial charge in [0, 0.05) is 16.7 Å². The van der Waals surface area contributed by atoms with Crippen LogP contribution in [0.1, 0.15) is 0 Å². The van der Waals surface area contributed by atoms with Crippen molar-refractivity contribution in [2.45, 2.75) is 0 Å². The summed E-state index contributed by atoms with van der Waals surface area (Å²) in [4.78, 5) is 10.5. The quantitative estimate of drug-likeness (QED) is 0.563. The van der Waals surface area contributed by atoms with E-state index in [4.69, 9.17) is 34.8 Å². The van der Waals surface area contributed by atoms with Crippen molar-refractivity contribution in [1.82, 2.24) is 0 Å². The minimum absolute atomic E-state index is 0.0661. The Kier molecular flexibility index (Phi) is 3.76. The van der Waals surface area contributed by atoms with Crippen LogP contribution in [0.4, 0.5) is 5.69 Å². The van der Waals surface area contributed by atoms with Gasteiger partial charge in [0.25, 0.3) is 5.69 Å². The summed E-state index contributed by atoms with van der Waals surface area (Å²) in [5.74, 6) is 0. The molecule has 0 aliphatic rings. The Bertz CT molecular complexity index is 629. The normalized spacial score (nSPS) is 10.4. The topological polar surface area (TPSA) is 43.1 Å². The van der Waals surface area contributed by atoms with E-state index in [1.165, 1.54) is 18.2 Å². The lowest BCUT2D eigenvalue weighted by molar-refractivity contribution is -0.384. The molecule has 0 saturated carbocycles. The number of rotatable bonds is 2. The van der Waals surface area contributed by atoms with Crippen LogP contribution in [0.15, 0.2) is 36.4 Å². The Labute approximate surface area is 118 Å². The number of nitro groups is 1. The minimum atomic E-state index is -0.483. The number of benzene rings is 2. The van der Waals surface area contributed by atoms with Crippen molar-refractivity contribution >= 4 is 40.5 Å². The highest BCUT2D eigenvalue weighted by molar-refractivity contribution is 6.43. The Hall–Kier alpha value is -1.29. The molecule has 0 radical (unpaired) electrons. The number of hydrogen-bond donors (Lipinski definition) is 0. The van der Waals surface area contributed by atoms with Crippen molar-refractivity contribution in [3.8, 4) is 11.1 Å². The average Bonchev–Trinajstić information content (AvgIpc) is 2.32. The lowest BCUT2D eigenvalue weighted by Crippen LogP contribution is -1.92. The maximum absolute atomic E-state index is 11.0. The van der Waals surface area contributed by atoms with Crippen molar-refractivity contribution in [2.24, 2.45) is 0 Å². The van der Waals surface area contributed by atoms with E-state index in [1.54, 1.807) is 18.2 Å². The standard InChI is InChI=1S/C12H6Cl3NO2/c13-7-4-5-11(16(17)18)9(6-7)8-2-1-3-10(14)12(8)15/h1-6H. The molecule has 92 valence electrons. The van der Waals surface area contributed by atoms with E-state index < -0.39 is 4.92 Å². The second-order valence-electron chi connectivity index (χ2n) is 3.52. The summed E-state index contributed by atoms with van der Waals surface area (Å²) in [5, 5.41) is 12.0. The maximum atomic E-state index is 11.0. The number of halogens is 3. The lowest BCUT2D eigenvalue weighted by atomic mass is 10.0. The molecular weight excluding hydrogens is 296 g/mol. The highest BCUT2D eigenvalue weighted by Gasteiger charge is 2.18. The fourth-order valence-electron chi connectivity index (χ4n) is 1.60. The van der Waals surface area contributed by atoms with Crippen LogP contribution in [0.25, 0.3) is 11.1 Å². The molecule has 0 spiro atoms. The summed E-state index contributed by atoms with van der Waals surface area (Å²) in [6.07, 6.45) is 0. The molecule has 2 aromatic carbocycles. The fraction of sp³-hybridized carbons (Fsp3) is 0. The third-order valence-corrected chi connectivity index (χ3v) is 3.45. The van der Waals surface area contributed by atoms with Crippen LogP contribution in [0, 0.1) is 10.1 Å². The summed E-state index contributed by atoms with van der Waals surface area (Å²) in [6.45, 7) is 0. The van der Waals surface area contributed by atoms with Crippen LogP contribution in [0.2, 0.25) is 15.1 Å². The average molecular weight is 303 g/mol. The summed E-state index contributed by atoms with van der Waals surface area (Å²) in [5.41, 5.74) is 0.766. The molecule has 6 heteroatoms. The van der Waals surface area contributed by atoms with Gasteiger partial charge in [-0.15, -0.1) is 0 Å². The number of hydrogen-bond acceptors (Lipinski definition) is 2. The Morgan fingerprint density at radius 2 is 1.72 bits per heavy atom. The fourth-order valence-corrected chi connectivity index (χ4v) is 2.17. The predicted octanol–water partition coefficient (Wildman–Crippen LogP) is 5.22. The Morgan fingerprint density at radius 1 is 1.00 bits per heavy atom. The van der Waals surface area contributed by atoms with Crippen LogP contribution in [0.5, 0.6) is 0 Å². The molecule has 2 rings (SSSR count). The molecule has 2 aromatic rings. The second-order valence-corrected chi connectivity index (χ2v) is 4.74. The highest BCUT2D eigenvalue weighted by Crippen LogP contribution is 2.39. The van der Waals surface area contributed by atoms with Gasteiger partial charge in [0.15, 0.2) is 0 Å². The number of nitrogens with zero attached hydrogens (tertiary/aromatic N) is 1. The maximum Gasteiger partial charge on any atom is 0.277 e. The van der Waals surface area contributed by atoms with Gasteiger partial charge in [-0.3, -0.25) is 10.1 Å². The van der Waals surface area contributed by atoms with Gasteiger partial charge in [0.1, 0.15) is 0 Å². The van der Waals surface area contributed by atoms with Crippen molar-refractivity contribution in [2.75, 3.05) is 0 Å². The van der Waals surface area contributed by atoms with E-state index in [0.29, 0.717) is 21.2 Å². The molecule has 0 atom stereocenters. The first kappa shape index (κ1) is 13.1. The molecule has 0 aromatic heterocycles. The van der Waals surface area contributed by atoms with Gasteiger partial charge in [-0.1, -0.05) is 46.9 Å². The van der Waals surface area contributed by atoms with E-state index in [2.05, 4.69) is 0 Å². The van der Waals surface area contributed by atoms with Crippen LogP contribution in [-0.2, 0) is 0 Å². The van der Waals surface area contributed by atoms with Crippen molar-refractivity contribution < 1.29 is 4.92 Å². The molecule has 0 bridgehead atoms. The molecule has 0 amide bonds. The Morgan fingerprint density at radius 3 is 2.39 bits per heavy atom. The molecule has 0 saturated heterocycles. The SMILES string of the molecule is O=[N+]([O-])c1ccc(Cl)cc1-c1cccc(Cl)c1Cl. The molecule has 3 nitrogen and oxygen atoms in total. The van der Waals surface area contributed by atoms with Crippen molar-refractivity contribution in [1.29, 1.82) is 0 Å². The molecule has 0 aliphatic carbocycles. The third kappa shape index (κ3) is 2.43. The van der Waals surface area contributed by atoms with Crippen LogP contribution >= 0.6 is 34.8 Å². The first-order valence-electron chi connectivity index (χ1n) is 4.89. The van der Waals surface area contributed by atoms with E-state index in [9.17, 15) is 10.1 Å². The zero-order chi connectivity index (χ0) is 13.3. The molecule has 0 heterocycles. The molecule has 0 unspecified atom stereocenters. The summed E-state index contributed by atoms with van der Waals surface area (Å²) >= 11 is 17.8. The molecule has 0 N–H and O–H groups in total. The monoisotopic (exact) mass is 301 g/mol. The highest BCUT2D eigenvalue weighted by atomic mass is 35.5. The van der Waals surface area contributed by atoms with Crippen LogP contribution in [0.3, 0.4) is 0 Å². The van der Waals surface area contributed by atoms with E-state index in [-0.39, 0.29) is 10.7 Å². The lowest BCUT2D eigenvalue weighted by Gasteiger charge is -2.07. The van der Waals surface area contributed by atoms with E-state index in [0.717, 1.165) is 0 Å². The smallest absolute Gasteiger partial charge is 0.258 e. The summed E-state index contributed by atoms with van der Waals surface area (Å²) in [7, 11) is 0. The van der Waals surface area contributed by atoms with E-state index in [1.807, 2.05) is 0 Å². The van der Waals surface area contributed by atoms with Gasteiger partial charge in [-0.2, -0.15) is 0 Å². The van der Waals surface area contributed by atoms with Crippen molar-refractivity contribution in [3.63, 3.8) is 0 Å². The van der Waals surface area contributed by atoms with Crippen molar-refractivity contribution in [3.05, 3.63) is 61.6 Å². The third-order valence-electron chi connectivity index (χ3n) is 2.40. The van der Waals surface area contributed by atoms with Gasteiger partial charge in [-0.05, 0) is 18.2 Å². The zero-order valence-electron chi connectivity index (χ0n) is 8.86. The van der Waals surface area contributed by atoms with Gasteiger partial charge >= 0.3 is 0 Å². The zero-order valence-corrected chi connectivity index (χ0v) is 11.1. The minimum Gasteiger partial charge on any atom is -0.258 e. The molecule has 0 aliphatic heterocycles. The van der Waals surface area contributed by atoms with E-state index >= 15 is 0 Å². The molecule has 0 fully saturated rings. The predicted molar refractivity (Wildman–Crippen MR) is 73.6 cm³/mol. The molecule has 18 heavy (non-hydrogen) atoms. The largest absolute Gasteiger partial charge is 0.277 e. The number of nitro benzene ring substituents is 1. The van der Waals surface area contributed by atoms with Gasteiger partial charge in [0.05, 0.1) is 20.5 Å². The first-order chi connectivity index (χ1) is 8.50. The van der Waals surface area contributed by atoms with Crippen LogP contribution in [-0.4, -0.2) is 4.92 Å². The van der Waals surface area contributed by atoms with Gasteiger partial charge in [0.2, 0.25) is 0 Å². The van der Waals surface area contributed by atoms with Crippen LogP contribution < -0.4 is 0 Å². The summed E-state index contributed by atoms with van der Waals surface area (Å²) in [6, 6.07) is 9.25. The second kappa shape index (κ2) is 5.14. The molecular formula is C12H6Cl3NO2. The Balaban J connectivity index is 2.73. The summed E-state index contributed by atoms with van der Waals surface area (Å²) < 4.78 is 0.